The highest BCUT2D eigenvalue weighted by atomic mass is 16.5. The number of hydrogen-bond acceptors (Lipinski definition) is 5. The number of piperidine rings is 1. The van der Waals surface area contributed by atoms with Gasteiger partial charge in [0.15, 0.2) is 0 Å². The first-order valence-electron chi connectivity index (χ1n) is 8.25. The monoisotopic (exact) mass is 293 g/mol. The maximum atomic E-state index is 5.85. The molecule has 0 aromatic carbocycles. The van der Waals surface area contributed by atoms with Gasteiger partial charge in [0, 0.05) is 7.11 Å². The summed E-state index contributed by atoms with van der Waals surface area (Å²) < 4.78 is 11.4. The first-order valence-corrected chi connectivity index (χ1v) is 8.25. The summed E-state index contributed by atoms with van der Waals surface area (Å²) in [5, 5.41) is 7.75. The van der Waals surface area contributed by atoms with E-state index in [0.717, 1.165) is 43.9 Å². The average Bonchev–Trinajstić information content (AvgIpc) is 2.97. The van der Waals surface area contributed by atoms with Gasteiger partial charge < -0.3 is 14.6 Å². The molecule has 21 heavy (non-hydrogen) atoms. The number of methoxy groups -OCH3 is 1. The highest BCUT2D eigenvalue weighted by molar-refractivity contribution is 5.06. The highest BCUT2D eigenvalue weighted by Crippen LogP contribution is 2.41. The molecule has 5 nitrogen and oxygen atoms in total. The Morgan fingerprint density at radius 3 is 2.86 bits per heavy atom. The number of aromatic nitrogens is 2. The third kappa shape index (κ3) is 2.99. The minimum absolute atomic E-state index is 0.199. The van der Waals surface area contributed by atoms with Gasteiger partial charge in [-0.25, -0.2) is 0 Å². The molecule has 5 heteroatoms. The van der Waals surface area contributed by atoms with Gasteiger partial charge in [-0.05, 0) is 50.5 Å². The van der Waals surface area contributed by atoms with E-state index in [0.29, 0.717) is 11.8 Å². The van der Waals surface area contributed by atoms with E-state index in [1.54, 1.807) is 7.11 Å². The van der Waals surface area contributed by atoms with Crippen molar-refractivity contribution in [2.24, 2.45) is 11.8 Å². The van der Waals surface area contributed by atoms with E-state index < -0.39 is 0 Å². The summed E-state index contributed by atoms with van der Waals surface area (Å²) in [5.74, 6) is 2.82. The lowest BCUT2D eigenvalue weighted by molar-refractivity contribution is -0.0658. The summed E-state index contributed by atoms with van der Waals surface area (Å²) in [4.78, 5) is 4.70. The molecular weight excluding hydrogens is 266 g/mol. The Morgan fingerprint density at radius 1 is 1.29 bits per heavy atom. The van der Waals surface area contributed by atoms with E-state index in [9.17, 15) is 0 Å². The minimum atomic E-state index is -0.348. The van der Waals surface area contributed by atoms with Gasteiger partial charge >= 0.3 is 0 Å². The van der Waals surface area contributed by atoms with E-state index in [-0.39, 0.29) is 11.6 Å². The zero-order valence-corrected chi connectivity index (χ0v) is 13.4. The van der Waals surface area contributed by atoms with Crippen LogP contribution in [-0.4, -0.2) is 23.8 Å². The molecule has 0 amide bonds. The first-order chi connectivity index (χ1) is 10.1. The molecule has 4 unspecified atom stereocenters. The quantitative estimate of drug-likeness (QED) is 0.927. The summed E-state index contributed by atoms with van der Waals surface area (Å²) >= 11 is 0. The van der Waals surface area contributed by atoms with E-state index in [4.69, 9.17) is 14.2 Å². The van der Waals surface area contributed by atoms with Gasteiger partial charge in [0.1, 0.15) is 5.60 Å². The zero-order valence-electron chi connectivity index (χ0n) is 13.4. The second-order valence-electron chi connectivity index (χ2n) is 6.99. The summed E-state index contributed by atoms with van der Waals surface area (Å²) in [6.07, 6.45) is 6.68. The molecule has 2 heterocycles. The standard InChI is InChI=1S/C16H27N3O2/c1-11-6-8-17-13(9-11)14-18-15(19-21-14)16(20-3)7-4-5-12(2)10-16/h11-13,17H,4-10H2,1-3H3. The molecule has 0 radical (unpaired) electrons. The van der Waals surface area contributed by atoms with Crippen LogP contribution in [0.3, 0.4) is 0 Å². The van der Waals surface area contributed by atoms with Crippen molar-refractivity contribution >= 4 is 0 Å². The average molecular weight is 293 g/mol. The second kappa shape index (κ2) is 6.05. The fourth-order valence-corrected chi connectivity index (χ4v) is 3.84. The Morgan fingerprint density at radius 2 is 2.14 bits per heavy atom. The van der Waals surface area contributed by atoms with Crippen LogP contribution in [0.5, 0.6) is 0 Å². The van der Waals surface area contributed by atoms with Gasteiger partial charge in [-0.2, -0.15) is 4.98 Å². The van der Waals surface area contributed by atoms with Gasteiger partial charge in [0.05, 0.1) is 6.04 Å². The summed E-state index contributed by atoms with van der Waals surface area (Å²) in [6.45, 7) is 5.58. The molecule has 1 saturated carbocycles. The summed E-state index contributed by atoms with van der Waals surface area (Å²) in [5.41, 5.74) is -0.348. The SMILES string of the molecule is COC1(c2noc(C3CC(C)CCN3)n2)CCCC(C)C1. The van der Waals surface area contributed by atoms with Crippen molar-refractivity contribution in [2.45, 2.75) is 64.0 Å². The smallest absolute Gasteiger partial charge is 0.243 e. The first kappa shape index (κ1) is 15.0. The topological polar surface area (TPSA) is 60.2 Å². The molecule has 1 aliphatic carbocycles. The molecule has 1 aromatic rings. The van der Waals surface area contributed by atoms with Crippen LogP contribution in [0, 0.1) is 11.8 Å². The second-order valence-corrected chi connectivity index (χ2v) is 6.99. The van der Waals surface area contributed by atoms with Crippen molar-refractivity contribution in [3.05, 3.63) is 11.7 Å². The lowest BCUT2D eigenvalue weighted by Gasteiger charge is -2.36. The maximum Gasteiger partial charge on any atom is 0.243 e. The maximum absolute atomic E-state index is 5.85. The molecular formula is C16H27N3O2. The van der Waals surface area contributed by atoms with E-state index in [2.05, 4.69) is 24.3 Å². The molecule has 2 fully saturated rings. The Labute approximate surface area is 126 Å². The number of ether oxygens (including phenoxy) is 1. The molecule has 1 N–H and O–H groups in total. The molecule has 1 saturated heterocycles. The van der Waals surface area contributed by atoms with Crippen molar-refractivity contribution in [1.29, 1.82) is 0 Å². The fraction of sp³-hybridized carbons (Fsp3) is 0.875. The minimum Gasteiger partial charge on any atom is -0.370 e. The molecule has 1 aromatic heterocycles. The molecule has 0 spiro atoms. The van der Waals surface area contributed by atoms with Crippen molar-refractivity contribution < 1.29 is 9.26 Å². The van der Waals surface area contributed by atoms with Crippen molar-refractivity contribution in [3.8, 4) is 0 Å². The summed E-state index contributed by atoms with van der Waals surface area (Å²) in [7, 11) is 1.77. The number of rotatable bonds is 3. The predicted octanol–water partition coefficient (Wildman–Crippen LogP) is 3.18. The zero-order chi connectivity index (χ0) is 14.9. The van der Waals surface area contributed by atoms with Crippen LogP contribution < -0.4 is 5.32 Å². The van der Waals surface area contributed by atoms with Crippen LogP contribution in [0.15, 0.2) is 4.52 Å². The Bertz CT molecular complexity index is 476. The van der Waals surface area contributed by atoms with E-state index >= 15 is 0 Å². The van der Waals surface area contributed by atoms with Crippen molar-refractivity contribution in [1.82, 2.24) is 15.5 Å². The van der Waals surface area contributed by atoms with E-state index in [1.807, 2.05) is 0 Å². The lowest BCUT2D eigenvalue weighted by Crippen LogP contribution is -2.35. The van der Waals surface area contributed by atoms with Gasteiger partial charge in [0.2, 0.25) is 11.7 Å². The number of hydrogen-bond donors (Lipinski definition) is 1. The van der Waals surface area contributed by atoms with Crippen LogP contribution in [0.2, 0.25) is 0 Å². The van der Waals surface area contributed by atoms with Gasteiger partial charge in [-0.15, -0.1) is 0 Å². The van der Waals surface area contributed by atoms with Gasteiger partial charge in [-0.1, -0.05) is 25.4 Å². The van der Waals surface area contributed by atoms with Crippen LogP contribution in [0.1, 0.15) is 70.1 Å². The fourth-order valence-electron chi connectivity index (χ4n) is 3.84. The molecule has 1 aliphatic heterocycles. The Kier molecular flexibility index (Phi) is 4.31. The largest absolute Gasteiger partial charge is 0.370 e. The molecule has 2 aliphatic rings. The third-order valence-corrected chi connectivity index (χ3v) is 5.16. The van der Waals surface area contributed by atoms with Crippen LogP contribution in [-0.2, 0) is 10.3 Å². The lowest BCUT2D eigenvalue weighted by atomic mass is 9.78. The third-order valence-electron chi connectivity index (χ3n) is 5.16. The Hall–Kier alpha value is -0.940. The molecule has 0 bridgehead atoms. The van der Waals surface area contributed by atoms with Crippen LogP contribution >= 0.6 is 0 Å². The molecule has 118 valence electrons. The normalized spacial score (nSPS) is 37.6. The van der Waals surface area contributed by atoms with Gasteiger partial charge in [0.25, 0.3) is 0 Å². The van der Waals surface area contributed by atoms with Crippen LogP contribution in [0.4, 0.5) is 0 Å². The predicted molar refractivity (Wildman–Crippen MR) is 79.8 cm³/mol. The van der Waals surface area contributed by atoms with Gasteiger partial charge in [-0.3, -0.25) is 0 Å². The van der Waals surface area contributed by atoms with Crippen molar-refractivity contribution in [2.75, 3.05) is 13.7 Å². The van der Waals surface area contributed by atoms with E-state index in [1.165, 1.54) is 12.8 Å². The van der Waals surface area contributed by atoms with Crippen molar-refractivity contribution in [3.63, 3.8) is 0 Å². The highest BCUT2D eigenvalue weighted by Gasteiger charge is 2.41. The number of nitrogens with one attached hydrogen (secondary N) is 1. The molecule has 3 rings (SSSR count). The summed E-state index contributed by atoms with van der Waals surface area (Å²) in [6, 6.07) is 0.199. The number of nitrogens with zero attached hydrogens (tertiary/aromatic N) is 2. The van der Waals surface area contributed by atoms with Crippen LogP contribution in [0.25, 0.3) is 0 Å². The Balaban J connectivity index is 1.79. The molecule has 4 atom stereocenters.